The standard InChI is InChI=1S/C15H11ClN2O2S/c1-10-2-4-11(5-3-10)20-13(19)7-6-12-14(16)17-15-18(12)8-9-21-15/h2-9H,1H3/b7-6+. The minimum atomic E-state index is -0.458. The van der Waals surface area contributed by atoms with Crippen LogP contribution in [0.15, 0.2) is 41.9 Å². The molecule has 21 heavy (non-hydrogen) atoms. The van der Waals surface area contributed by atoms with Crippen molar-refractivity contribution in [3.05, 3.63) is 58.3 Å². The lowest BCUT2D eigenvalue weighted by Crippen LogP contribution is -2.03. The summed E-state index contributed by atoms with van der Waals surface area (Å²) in [5.41, 5.74) is 1.77. The molecule has 4 nitrogen and oxygen atoms in total. The molecule has 0 aliphatic heterocycles. The number of rotatable bonds is 3. The average Bonchev–Trinajstić information content (AvgIpc) is 3.00. The number of aryl methyl sites for hydroxylation is 1. The zero-order valence-corrected chi connectivity index (χ0v) is 12.7. The van der Waals surface area contributed by atoms with Gasteiger partial charge in [0.25, 0.3) is 0 Å². The molecule has 3 rings (SSSR count). The second-order valence-corrected chi connectivity index (χ2v) is 5.64. The van der Waals surface area contributed by atoms with Crippen LogP contribution in [-0.4, -0.2) is 15.4 Å². The molecule has 0 bridgehead atoms. The Bertz CT molecular complexity index is 818. The summed E-state index contributed by atoms with van der Waals surface area (Å²) in [6.07, 6.45) is 4.79. The summed E-state index contributed by atoms with van der Waals surface area (Å²) in [7, 11) is 0. The third-order valence-electron chi connectivity index (χ3n) is 2.87. The molecule has 0 amide bonds. The Morgan fingerprint density at radius 3 is 2.90 bits per heavy atom. The Balaban J connectivity index is 1.76. The van der Waals surface area contributed by atoms with E-state index < -0.39 is 5.97 Å². The number of esters is 1. The number of carbonyl (C=O) groups is 1. The number of fused-ring (bicyclic) bond motifs is 1. The molecule has 0 saturated carbocycles. The van der Waals surface area contributed by atoms with Gasteiger partial charge in [-0.15, -0.1) is 11.3 Å². The van der Waals surface area contributed by atoms with Crippen LogP contribution in [0.4, 0.5) is 0 Å². The van der Waals surface area contributed by atoms with Crippen LogP contribution in [0.2, 0.25) is 5.15 Å². The third-order valence-corrected chi connectivity index (χ3v) is 3.91. The lowest BCUT2D eigenvalue weighted by atomic mass is 10.2. The zero-order chi connectivity index (χ0) is 14.8. The Morgan fingerprint density at radius 2 is 2.14 bits per heavy atom. The summed E-state index contributed by atoms with van der Waals surface area (Å²) in [5.74, 6) is 0.0513. The second-order valence-electron chi connectivity index (χ2n) is 4.41. The number of thiazole rings is 1. The summed E-state index contributed by atoms with van der Waals surface area (Å²) in [5, 5.41) is 2.27. The van der Waals surface area contributed by atoms with Gasteiger partial charge in [0, 0.05) is 17.7 Å². The van der Waals surface area contributed by atoms with Gasteiger partial charge in [-0.3, -0.25) is 4.40 Å². The first kappa shape index (κ1) is 13.9. The maximum atomic E-state index is 11.8. The van der Waals surface area contributed by atoms with Crippen molar-refractivity contribution in [1.29, 1.82) is 0 Å². The molecule has 3 aromatic rings. The first-order valence-electron chi connectivity index (χ1n) is 6.21. The van der Waals surface area contributed by atoms with Gasteiger partial charge in [0.05, 0.1) is 5.69 Å². The number of ether oxygens (including phenoxy) is 1. The van der Waals surface area contributed by atoms with Gasteiger partial charge in [0.2, 0.25) is 0 Å². The quantitative estimate of drug-likeness (QED) is 0.417. The smallest absolute Gasteiger partial charge is 0.336 e. The second kappa shape index (κ2) is 5.71. The summed E-state index contributed by atoms with van der Waals surface area (Å²) < 4.78 is 7.03. The molecule has 106 valence electrons. The molecule has 0 N–H and O–H groups in total. The highest BCUT2D eigenvalue weighted by atomic mass is 35.5. The molecule has 2 heterocycles. The monoisotopic (exact) mass is 318 g/mol. The van der Waals surface area contributed by atoms with Crippen molar-refractivity contribution in [2.24, 2.45) is 0 Å². The molecule has 0 unspecified atom stereocenters. The van der Waals surface area contributed by atoms with Crippen molar-refractivity contribution in [2.45, 2.75) is 6.92 Å². The molecular formula is C15H11ClN2O2S. The lowest BCUT2D eigenvalue weighted by Gasteiger charge is -2.01. The Labute approximate surface area is 130 Å². The Kier molecular flexibility index (Phi) is 3.77. The van der Waals surface area contributed by atoms with Crippen molar-refractivity contribution in [3.63, 3.8) is 0 Å². The van der Waals surface area contributed by atoms with Crippen LogP contribution in [0.5, 0.6) is 5.75 Å². The number of carbonyl (C=O) groups excluding carboxylic acids is 1. The van der Waals surface area contributed by atoms with E-state index in [1.807, 2.05) is 35.0 Å². The number of nitrogens with zero attached hydrogens (tertiary/aromatic N) is 2. The van der Waals surface area contributed by atoms with Crippen molar-refractivity contribution < 1.29 is 9.53 Å². The fourth-order valence-electron chi connectivity index (χ4n) is 1.83. The Morgan fingerprint density at radius 1 is 1.38 bits per heavy atom. The van der Waals surface area contributed by atoms with Crippen LogP contribution in [0, 0.1) is 6.92 Å². The zero-order valence-electron chi connectivity index (χ0n) is 11.1. The summed E-state index contributed by atoms with van der Waals surface area (Å²) in [6.45, 7) is 1.97. The molecule has 0 atom stereocenters. The van der Waals surface area contributed by atoms with Crippen molar-refractivity contribution in [3.8, 4) is 5.75 Å². The largest absolute Gasteiger partial charge is 0.423 e. The predicted molar refractivity (Wildman–Crippen MR) is 83.9 cm³/mol. The van der Waals surface area contributed by atoms with E-state index in [1.54, 1.807) is 18.2 Å². The Hall–Kier alpha value is -2.11. The van der Waals surface area contributed by atoms with Crippen LogP contribution in [0.3, 0.4) is 0 Å². The van der Waals surface area contributed by atoms with Crippen molar-refractivity contribution in [1.82, 2.24) is 9.38 Å². The number of hydrogen-bond acceptors (Lipinski definition) is 4. The van der Waals surface area contributed by atoms with Crippen molar-refractivity contribution in [2.75, 3.05) is 0 Å². The normalized spacial score (nSPS) is 11.3. The lowest BCUT2D eigenvalue weighted by molar-refractivity contribution is -0.128. The van der Waals surface area contributed by atoms with Gasteiger partial charge in [-0.05, 0) is 25.1 Å². The molecule has 0 aliphatic rings. The van der Waals surface area contributed by atoms with Gasteiger partial charge >= 0.3 is 5.97 Å². The van der Waals surface area contributed by atoms with Crippen LogP contribution < -0.4 is 4.74 Å². The van der Waals surface area contributed by atoms with Gasteiger partial charge in [0.15, 0.2) is 10.1 Å². The topological polar surface area (TPSA) is 43.6 Å². The van der Waals surface area contributed by atoms with E-state index >= 15 is 0 Å². The van der Waals surface area contributed by atoms with Gasteiger partial charge < -0.3 is 4.74 Å². The highest BCUT2D eigenvalue weighted by molar-refractivity contribution is 7.15. The third kappa shape index (κ3) is 2.99. The molecule has 2 aromatic heterocycles. The summed E-state index contributed by atoms with van der Waals surface area (Å²) in [4.78, 5) is 16.8. The fraction of sp³-hybridized carbons (Fsp3) is 0.0667. The molecular weight excluding hydrogens is 308 g/mol. The first-order chi connectivity index (χ1) is 10.1. The van der Waals surface area contributed by atoms with E-state index in [9.17, 15) is 4.79 Å². The van der Waals surface area contributed by atoms with Gasteiger partial charge in [-0.1, -0.05) is 29.3 Å². The van der Waals surface area contributed by atoms with E-state index in [2.05, 4.69) is 4.98 Å². The molecule has 0 spiro atoms. The number of imidazole rings is 1. The molecule has 0 aliphatic carbocycles. The van der Waals surface area contributed by atoms with E-state index in [4.69, 9.17) is 16.3 Å². The minimum Gasteiger partial charge on any atom is -0.423 e. The number of benzene rings is 1. The van der Waals surface area contributed by atoms with Gasteiger partial charge in [-0.25, -0.2) is 9.78 Å². The van der Waals surface area contributed by atoms with E-state index in [0.29, 0.717) is 16.6 Å². The SMILES string of the molecule is Cc1ccc(OC(=O)/C=C/c2c(Cl)nc3sccn23)cc1. The molecule has 1 aromatic carbocycles. The van der Waals surface area contributed by atoms with Crippen LogP contribution in [-0.2, 0) is 4.79 Å². The van der Waals surface area contributed by atoms with Crippen molar-refractivity contribution >= 4 is 39.9 Å². The molecule has 0 fully saturated rings. The van der Waals surface area contributed by atoms with Gasteiger partial charge in [-0.2, -0.15) is 0 Å². The number of aromatic nitrogens is 2. The highest BCUT2D eigenvalue weighted by Crippen LogP contribution is 2.22. The summed E-state index contributed by atoms with van der Waals surface area (Å²) in [6, 6.07) is 7.28. The summed E-state index contributed by atoms with van der Waals surface area (Å²) >= 11 is 7.52. The molecule has 0 radical (unpaired) electrons. The minimum absolute atomic E-state index is 0.362. The maximum absolute atomic E-state index is 11.8. The van der Waals surface area contributed by atoms with Crippen LogP contribution in [0.25, 0.3) is 11.0 Å². The van der Waals surface area contributed by atoms with Crippen LogP contribution >= 0.6 is 22.9 Å². The highest BCUT2D eigenvalue weighted by Gasteiger charge is 2.09. The number of hydrogen-bond donors (Lipinski definition) is 0. The van der Waals surface area contributed by atoms with Gasteiger partial charge in [0.1, 0.15) is 5.75 Å². The maximum Gasteiger partial charge on any atom is 0.336 e. The fourth-order valence-corrected chi connectivity index (χ4v) is 2.83. The van der Waals surface area contributed by atoms with E-state index in [1.165, 1.54) is 17.4 Å². The predicted octanol–water partition coefficient (Wildman–Crippen LogP) is 3.98. The van der Waals surface area contributed by atoms with E-state index in [-0.39, 0.29) is 0 Å². The molecule has 6 heteroatoms. The molecule has 0 saturated heterocycles. The average molecular weight is 319 g/mol. The van der Waals surface area contributed by atoms with Crippen LogP contribution in [0.1, 0.15) is 11.3 Å². The van der Waals surface area contributed by atoms with E-state index in [0.717, 1.165) is 10.5 Å². The number of halogens is 1. The first-order valence-corrected chi connectivity index (χ1v) is 7.47.